The second kappa shape index (κ2) is 8.26. The van der Waals surface area contributed by atoms with Crippen LogP contribution in [-0.2, 0) is 6.42 Å². The van der Waals surface area contributed by atoms with Gasteiger partial charge in [0.1, 0.15) is 0 Å². The van der Waals surface area contributed by atoms with Crippen molar-refractivity contribution in [1.82, 2.24) is 0 Å². The third-order valence-corrected chi connectivity index (χ3v) is 3.29. The van der Waals surface area contributed by atoms with Crippen LogP contribution < -0.4 is 0 Å². The van der Waals surface area contributed by atoms with Crippen molar-refractivity contribution in [3.05, 3.63) is 60.2 Å². The maximum Gasteiger partial charge on any atom is 0.0857 e. The van der Waals surface area contributed by atoms with E-state index in [4.69, 9.17) is 0 Å². The van der Waals surface area contributed by atoms with Gasteiger partial charge < -0.3 is 0 Å². The monoisotopic (exact) mass is 266 g/mol. The van der Waals surface area contributed by atoms with Crippen LogP contribution in [0, 0.1) is 0 Å². The van der Waals surface area contributed by atoms with Crippen molar-refractivity contribution in [2.45, 2.75) is 39.0 Å². The molecule has 0 fully saturated rings. The third kappa shape index (κ3) is 4.96. The molecule has 0 bridgehead atoms. The Labute approximate surface area is 121 Å². The van der Waals surface area contributed by atoms with Gasteiger partial charge in [0.25, 0.3) is 0 Å². The molecule has 104 valence electrons. The van der Waals surface area contributed by atoms with E-state index >= 15 is 0 Å². The summed E-state index contributed by atoms with van der Waals surface area (Å²) in [6.45, 7) is 2.24. The van der Waals surface area contributed by atoms with Crippen LogP contribution in [0.25, 0.3) is 0 Å². The number of rotatable bonds is 7. The van der Waals surface area contributed by atoms with Gasteiger partial charge in [-0.05, 0) is 42.7 Å². The molecule has 2 nitrogen and oxygen atoms in total. The molecule has 0 N–H and O–H groups in total. The lowest BCUT2D eigenvalue weighted by Crippen LogP contribution is -1.84. The van der Waals surface area contributed by atoms with Crippen LogP contribution in [0.2, 0.25) is 0 Å². The Bertz CT molecular complexity index is 515. The van der Waals surface area contributed by atoms with Crippen LogP contribution in [0.4, 0.5) is 11.4 Å². The Hall–Kier alpha value is -1.96. The number of aryl methyl sites for hydroxylation is 1. The van der Waals surface area contributed by atoms with Gasteiger partial charge in [0.2, 0.25) is 0 Å². The maximum absolute atomic E-state index is 4.25. The lowest BCUT2D eigenvalue weighted by Gasteiger charge is -2.01. The molecule has 0 saturated carbocycles. The molecule has 20 heavy (non-hydrogen) atoms. The van der Waals surface area contributed by atoms with Gasteiger partial charge in [0.15, 0.2) is 0 Å². The third-order valence-electron chi connectivity index (χ3n) is 3.29. The fraction of sp³-hybridized carbons (Fsp3) is 0.333. The average Bonchev–Trinajstić information content (AvgIpc) is 2.52. The molecule has 0 atom stereocenters. The van der Waals surface area contributed by atoms with E-state index in [1.807, 2.05) is 42.5 Å². The summed E-state index contributed by atoms with van der Waals surface area (Å²) in [5, 5.41) is 8.47. The molecule has 0 aromatic heterocycles. The molecule has 0 aliphatic rings. The van der Waals surface area contributed by atoms with Crippen molar-refractivity contribution in [2.75, 3.05) is 0 Å². The van der Waals surface area contributed by atoms with E-state index in [0.717, 1.165) is 17.8 Å². The summed E-state index contributed by atoms with van der Waals surface area (Å²) in [7, 11) is 0. The van der Waals surface area contributed by atoms with Crippen LogP contribution in [0.5, 0.6) is 0 Å². The number of nitrogens with zero attached hydrogens (tertiary/aromatic N) is 2. The van der Waals surface area contributed by atoms with Crippen molar-refractivity contribution in [2.24, 2.45) is 10.2 Å². The smallest absolute Gasteiger partial charge is 0.0857 e. The summed E-state index contributed by atoms with van der Waals surface area (Å²) in [5.74, 6) is 0. The number of unbranched alkanes of at least 4 members (excludes halogenated alkanes) is 3. The summed E-state index contributed by atoms with van der Waals surface area (Å²) in [4.78, 5) is 0. The molecule has 0 amide bonds. The number of hydrogen-bond donors (Lipinski definition) is 0. The van der Waals surface area contributed by atoms with E-state index in [2.05, 4.69) is 29.3 Å². The van der Waals surface area contributed by atoms with Crippen LogP contribution in [0.1, 0.15) is 38.2 Å². The van der Waals surface area contributed by atoms with Gasteiger partial charge in [0, 0.05) is 0 Å². The Kier molecular flexibility index (Phi) is 5.97. The fourth-order valence-corrected chi connectivity index (χ4v) is 2.10. The summed E-state index contributed by atoms with van der Waals surface area (Å²) >= 11 is 0. The van der Waals surface area contributed by atoms with Gasteiger partial charge in [-0.3, -0.25) is 0 Å². The largest absolute Gasteiger partial charge is 0.151 e. The molecule has 0 aliphatic carbocycles. The molecule has 2 aromatic rings. The van der Waals surface area contributed by atoms with Gasteiger partial charge >= 0.3 is 0 Å². The van der Waals surface area contributed by atoms with Crippen LogP contribution >= 0.6 is 0 Å². The summed E-state index contributed by atoms with van der Waals surface area (Å²) in [5.41, 5.74) is 3.18. The van der Waals surface area contributed by atoms with E-state index < -0.39 is 0 Å². The van der Waals surface area contributed by atoms with Crippen molar-refractivity contribution in [3.63, 3.8) is 0 Å². The van der Waals surface area contributed by atoms with E-state index in [9.17, 15) is 0 Å². The minimum atomic E-state index is 0.885. The molecule has 2 heteroatoms. The Balaban J connectivity index is 1.87. The van der Waals surface area contributed by atoms with E-state index in [0.29, 0.717) is 0 Å². The zero-order valence-corrected chi connectivity index (χ0v) is 12.1. The highest BCUT2D eigenvalue weighted by Crippen LogP contribution is 2.19. The molecule has 2 rings (SSSR count). The van der Waals surface area contributed by atoms with Crippen LogP contribution in [0.15, 0.2) is 64.8 Å². The number of benzene rings is 2. The van der Waals surface area contributed by atoms with Crippen molar-refractivity contribution < 1.29 is 0 Å². The predicted octanol–water partition coefficient (Wildman–Crippen LogP) is 6.22. The predicted molar refractivity (Wildman–Crippen MR) is 84.9 cm³/mol. The molecule has 0 radical (unpaired) electrons. The highest BCUT2D eigenvalue weighted by atomic mass is 15.1. The summed E-state index contributed by atoms with van der Waals surface area (Å²) in [6.07, 6.45) is 6.39. The second-order valence-electron chi connectivity index (χ2n) is 5.01. The number of hydrogen-bond acceptors (Lipinski definition) is 2. The standard InChI is InChI=1S/C18H22N2/c1-2-3-4-6-9-16-12-14-18(15-13-16)20-19-17-10-7-5-8-11-17/h5,7-8,10-15H,2-4,6,9H2,1H3/b20-19+. The normalized spacial score (nSPS) is 11.1. The van der Waals surface area contributed by atoms with Gasteiger partial charge in [-0.1, -0.05) is 56.5 Å². The van der Waals surface area contributed by atoms with Crippen LogP contribution in [0.3, 0.4) is 0 Å². The average molecular weight is 266 g/mol. The fourth-order valence-electron chi connectivity index (χ4n) is 2.10. The lowest BCUT2D eigenvalue weighted by atomic mass is 10.1. The summed E-state index contributed by atoms with van der Waals surface area (Å²) < 4.78 is 0. The van der Waals surface area contributed by atoms with Crippen LogP contribution in [-0.4, -0.2) is 0 Å². The molecule has 0 heterocycles. The maximum atomic E-state index is 4.25. The van der Waals surface area contributed by atoms with Crippen molar-refractivity contribution in [1.29, 1.82) is 0 Å². The van der Waals surface area contributed by atoms with Gasteiger partial charge in [-0.2, -0.15) is 10.2 Å². The first-order valence-corrected chi connectivity index (χ1v) is 7.44. The molecule has 0 spiro atoms. The molecule has 0 unspecified atom stereocenters. The highest BCUT2D eigenvalue weighted by molar-refractivity contribution is 5.40. The van der Waals surface area contributed by atoms with E-state index in [1.54, 1.807) is 0 Å². The zero-order valence-electron chi connectivity index (χ0n) is 12.1. The molecular weight excluding hydrogens is 244 g/mol. The minimum Gasteiger partial charge on any atom is -0.151 e. The quantitative estimate of drug-likeness (QED) is 0.419. The molecule has 0 aliphatic heterocycles. The van der Waals surface area contributed by atoms with Crippen molar-refractivity contribution >= 4 is 11.4 Å². The topological polar surface area (TPSA) is 24.7 Å². The Morgan fingerprint density at radius 1 is 0.700 bits per heavy atom. The van der Waals surface area contributed by atoms with Gasteiger partial charge in [-0.15, -0.1) is 0 Å². The first-order valence-electron chi connectivity index (χ1n) is 7.44. The Morgan fingerprint density at radius 3 is 2.00 bits per heavy atom. The number of azo groups is 1. The van der Waals surface area contributed by atoms with Crippen molar-refractivity contribution in [3.8, 4) is 0 Å². The Morgan fingerprint density at radius 2 is 1.35 bits per heavy atom. The lowest BCUT2D eigenvalue weighted by molar-refractivity contribution is 0.667. The zero-order chi connectivity index (χ0) is 14.0. The highest BCUT2D eigenvalue weighted by Gasteiger charge is 1.95. The minimum absolute atomic E-state index is 0.885. The second-order valence-corrected chi connectivity index (χ2v) is 5.01. The molecule has 0 saturated heterocycles. The molecule has 2 aromatic carbocycles. The SMILES string of the molecule is CCCCCCc1ccc(/N=N/c2ccccc2)cc1. The first kappa shape index (κ1) is 14.4. The first-order chi connectivity index (χ1) is 9.88. The molecular formula is C18H22N2. The van der Waals surface area contributed by atoms with E-state index in [-0.39, 0.29) is 0 Å². The van der Waals surface area contributed by atoms with E-state index in [1.165, 1.54) is 31.2 Å². The van der Waals surface area contributed by atoms with Gasteiger partial charge in [-0.25, -0.2) is 0 Å². The van der Waals surface area contributed by atoms with Gasteiger partial charge in [0.05, 0.1) is 11.4 Å². The summed E-state index contributed by atoms with van der Waals surface area (Å²) in [6, 6.07) is 18.2.